The van der Waals surface area contributed by atoms with Crippen molar-refractivity contribution < 1.29 is 23.3 Å². The Kier molecular flexibility index (Phi) is 11.4. The van der Waals surface area contributed by atoms with E-state index in [4.69, 9.17) is 24.9 Å². The van der Waals surface area contributed by atoms with Crippen molar-refractivity contribution >= 4 is 14.5 Å². The van der Waals surface area contributed by atoms with Crippen LogP contribution in [0.5, 0.6) is 5.75 Å². The van der Waals surface area contributed by atoms with E-state index in [1.165, 1.54) is 30.4 Å². The molecule has 1 aromatic heterocycles. The van der Waals surface area contributed by atoms with Gasteiger partial charge in [-0.2, -0.15) is 0 Å². The highest BCUT2D eigenvalue weighted by atomic mass is 31.2. The normalized spacial score (nSPS) is 16.4. The molecule has 11 heteroatoms. The van der Waals surface area contributed by atoms with E-state index in [9.17, 15) is 14.4 Å². The lowest BCUT2D eigenvalue weighted by atomic mass is 9.98. The molecule has 0 bridgehead atoms. The highest BCUT2D eigenvalue weighted by Gasteiger charge is 2.23. The van der Waals surface area contributed by atoms with Crippen molar-refractivity contribution in [2.24, 2.45) is 0 Å². The largest absolute Gasteiger partial charge is 0.461 e. The summed E-state index contributed by atoms with van der Waals surface area (Å²) in [5.74, 6) is 2.78. The number of esters is 1. The minimum atomic E-state index is -1.73. The van der Waals surface area contributed by atoms with Crippen LogP contribution < -0.4 is 20.9 Å². The van der Waals surface area contributed by atoms with Gasteiger partial charge in [-0.1, -0.05) is 30.0 Å². The average molecular weight is 532 g/mol. The van der Waals surface area contributed by atoms with Crippen molar-refractivity contribution in [3.63, 3.8) is 0 Å². The molecule has 3 atom stereocenters. The zero-order valence-electron chi connectivity index (χ0n) is 21.2. The molecular formula is C26H34N3O7P. The third-order valence-corrected chi connectivity index (χ3v) is 7.17. The average Bonchev–Trinajstić information content (AvgIpc) is 2.89. The van der Waals surface area contributed by atoms with Crippen molar-refractivity contribution in [3.05, 3.63) is 62.9 Å². The number of hydrogen-bond donors (Lipinski definition) is 2. The van der Waals surface area contributed by atoms with Gasteiger partial charge in [0, 0.05) is 25.8 Å². The Labute approximate surface area is 217 Å². The minimum absolute atomic E-state index is 0.0388. The molecule has 37 heavy (non-hydrogen) atoms. The summed E-state index contributed by atoms with van der Waals surface area (Å²) in [7, 11) is -0.224. The Balaban J connectivity index is 1.61. The van der Waals surface area contributed by atoms with Crippen molar-refractivity contribution in [1.29, 1.82) is 0 Å². The summed E-state index contributed by atoms with van der Waals surface area (Å²) in [5, 5.41) is 3.02. The van der Waals surface area contributed by atoms with Crippen LogP contribution in [0.4, 0.5) is 0 Å². The number of hydrogen-bond acceptors (Lipinski definition) is 8. The summed E-state index contributed by atoms with van der Waals surface area (Å²) in [6, 6.07) is 8.03. The lowest BCUT2D eigenvalue weighted by Gasteiger charge is -2.24. The molecule has 0 spiro atoms. The first kappa shape index (κ1) is 28.6. The van der Waals surface area contributed by atoms with Gasteiger partial charge in [-0.3, -0.25) is 19.1 Å². The molecule has 1 aliphatic carbocycles. The van der Waals surface area contributed by atoms with Crippen LogP contribution in [0.25, 0.3) is 0 Å². The third kappa shape index (κ3) is 9.45. The van der Waals surface area contributed by atoms with E-state index >= 15 is 0 Å². The zero-order valence-corrected chi connectivity index (χ0v) is 22.1. The molecule has 1 saturated carbocycles. The number of rotatable bonds is 13. The maximum absolute atomic E-state index is 12.4. The van der Waals surface area contributed by atoms with Crippen molar-refractivity contribution in [1.82, 2.24) is 14.6 Å². The molecule has 1 heterocycles. The van der Waals surface area contributed by atoms with Gasteiger partial charge in [-0.15, -0.1) is 6.42 Å². The number of aromatic amines is 1. The monoisotopic (exact) mass is 531 g/mol. The highest BCUT2D eigenvalue weighted by Crippen LogP contribution is 2.36. The lowest BCUT2D eigenvalue weighted by molar-refractivity contribution is -0.149. The predicted octanol–water partition coefficient (Wildman–Crippen LogP) is 3.21. The molecule has 1 fully saturated rings. The van der Waals surface area contributed by atoms with Gasteiger partial charge in [0.15, 0.2) is 0 Å². The number of benzene rings is 1. The summed E-state index contributed by atoms with van der Waals surface area (Å²) >= 11 is 0. The van der Waals surface area contributed by atoms with Crippen LogP contribution in [0.3, 0.4) is 0 Å². The van der Waals surface area contributed by atoms with Gasteiger partial charge < -0.3 is 18.5 Å². The first-order chi connectivity index (χ1) is 17.9. The second-order valence-electron chi connectivity index (χ2n) is 8.84. The number of ether oxygens (including phenoxy) is 2. The Morgan fingerprint density at radius 3 is 2.59 bits per heavy atom. The summed E-state index contributed by atoms with van der Waals surface area (Å²) in [6.45, 7) is 1.99. The van der Waals surface area contributed by atoms with Crippen LogP contribution in [-0.4, -0.2) is 48.0 Å². The Hall–Kier alpha value is -2.96. The Bertz CT molecular complexity index is 1150. The van der Waals surface area contributed by atoms with E-state index in [-0.39, 0.29) is 31.6 Å². The predicted molar refractivity (Wildman–Crippen MR) is 140 cm³/mol. The second-order valence-corrected chi connectivity index (χ2v) is 10.1. The van der Waals surface area contributed by atoms with Crippen LogP contribution in [-0.2, 0) is 18.8 Å². The van der Waals surface area contributed by atoms with E-state index in [1.807, 2.05) is 31.2 Å². The zero-order chi connectivity index (χ0) is 26.6. The fourth-order valence-corrected chi connectivity index (χ4v) is 4.99. The maximum Gasteiger partial charge on any atom is 0.329 e. The van der Waals surface area contributed by atoms with Gasteiger partial charge in [0.25, 0.3) is 5.56 Å². The fourth-order valence-electron chi connectivity index (χ4n) is 3.91. The van der Waals surface area contributed by atoms with Gasteiger partial charge in [0.05, 0.1) is 12.7 Å². The third-order valence-electron chi connectivity index (χ3n) is 5.99. The van der Waals surface area contributed by atoms with Crippen LogP contribution in [0.2, 0.25) is 0 Å². The summed E-state index contributed by atoms with van der Waals surface area (Å²) in [4.78, 5) is 38.2. The number of carbonyl (C=O) groups is 1. The number of methoxy groups -OCH3 is 1. The fraction of sp³-hybridized carbons (Fsp3) is 0.500. The molecule has 1 aromatic carbocycles. The Morgan fingerprint density at radius 1 is 1.22 bits per heavy atom. The number of H-pyrrole nitrogens is 1. The Morgan fingerprint density at radius 2 is 1.95 bits per heavy atom. The topological polar surface area (TPSA) is 121 Å². The quantitative estimate of drug-likeness (QED) is 0.230. The number of aromatic nitrogens is 2. The lowest BCUT2D eigenvalue weighted by Crippen LogP contribution is -2.33. The highest BCUT2D eigenvalue weighted by molar-refractivity contribution is 7.45. The van der Waals surface area contributed by atoms with E-state index in [0.29, 0.717) is 5.75 Å². The summed E-state index contributed by atoms with van der Waals surface area (Å²) in [5.41, 5.74) is -0.0242. The van der Waals surface area contributed by atoms with Crippen molar-refractivity contribution in [2.75, 3.05) is 20.3 Å². The number of terminal acetylenes is 1. The number of aryl methyl sites for hydroxylation is 1. The summed E-state index contributed by atoms with van der Waals surface area (Å²) in [6.07, 6.45) is 11.8. The van der Waals surface area contributed by atoms with E-state index < -0.39 is 31.9 Å². The molecule has 3 rings (SSSR count). The van der Waals surface area contributed by atoms with E-state index in [1.54, 1.807) is 0 Å². The van der Waals surface area contributed by atoms with Gasteiger partial charge >= 0.3 is 20.2 Å². The summed E-state index contributed by atoms with van der Waals surface area (Å²) < 4.78 is 24.4. The molecule has 2 aromatic rings. The molecule has 10 nitrogen and oxygen atoms in total. The van der Waals surface area contributed by atoms with E-state index in [2.05, 4.69) is 16.0 Å². The molecule has 0 radical (unpaired) electrons. The minimum Gasteiger partial charge on any atom is -0.461 e. The standard InChI is InChI=1S/C26H34N3O7P/c1-4-20(29-15-14-24(30)28-26(29)32)16-23(33-3)18-34-37(36-22-12-10-19(2)11-13-22)27-17-25(31)35-21-8-6-5-7-9-21/h1,10-15,20-21,23,27H,5-9,16-18H2,2-3H3,(H,28,30,32). The number of nitrogens with zero attached hydrogens (tertiary/aromatic N) is 1. The molecule has 0 amide bonds. The van der Waals surface area contributed by atoms with Crippen LogP contribution in [0.1, 0.15) is 50.1 Å². The van der Waals surface area contributed by atoms with Crippen molar-refractivity contribution in [3.8, 4) is 18.1 Å². The van der Waals surface area contributed by atoms with Crippen LogP contribution in [0.15, 0.2) is 46.1 Å². The molecule has 1 aliphatic rings. The smallest absolute Gasteiger partial charge is 0.329 e. The van der Waals surface area contributed by atoms with Gasteiger partial charge in [0.1, 0.15) is 24.4 Å². The second kappa shape index (κ2) is 14.7. The first-order valence-corrected chi connectivity index (χ1v) is 13.5. The molecular weight excluding hydrogens is 497 g/mol. The van der Waals surface area contributed by atoms with Crippen LogP contribution in [0, 0.1) is 19.3 Å². The molecule has 200 valence electrons. The molecule has 0 saturated heterocycles. The van der Waals surface area contributed by atoms with Gasteiger partial charge in [-0.25, -0.2) is 9.88 Å². The number of carbonyl (C=O) groups excluding carboxylic acids is 1. The SMILES string of the molecule is C#CC(CC(COP(NCC(=O)OC1CCCCC1)Oc1ccc(C)cc1)OC)n1ccc(=O)[nH]c1=O. The first-order valence-electron chi connectivity index (χ1n) is 12.3. The van der Waals surface area contributed by atoms with Gasteiger partial charge in [-0.05, 0) is 44.7 Å². The molecule has 0 aliphatic heterocycles. The van der Waals surface area contributed by atoms with Gasteiger partial charge in [0.2, 0.25) is 0 Å². The number of nitrogens with one attached hydrogen (secondary N) is 2. The van der Waals surface area contributed by atoms with Crippen molar-refractivity contribution in [2.45, 2.75) is 63.7 Å². The molecule has 2 N–H and O–H groups in total. The maximum atomic E-state index is 12.4. The van der Waals surface area contributed by atoms with E-state index in [0.717, 1.165) is 31.2 Å². The van der Waals surface area contributed by atoms with Crippen LogP contribution >= 0.6 is 8.53 Å². The molecule has 3 unspecified atom stereocenters.